The molecule has 6 nitrogen and oxygen atoms in total. The van der Waals surface area contributed by atoms with Crippen molar-refractivity contribution in [3.05, 3.63) is 29.8 Å². The molecule has 2 saturated heterocycles. The fourth-order valence-electron chi connectivity index (χ4n) is 3.89. The number of aryl methyl sites for hydroxylation is 1. The Kier molecular flexibility index (Phi) is 9.06. The number of benzene rings is 1. The fraction of sp³-hybridized carbons (Fsp3) is 0.619. The summed E-state index contributed by atoms with van der Waals surface area (Å²) >= 11 is 0. The highest BCUT2D eigenvalue weighted by molar-refractivity contribution is 5.85. The lowest BCUT2D eigenvalue weighted by Gasteiger charge is -2.23. The molecule has 0 bridgehead atoms. The predicted octanol–water partition coefficient (Wildman–Crippen LogP) is 2.25. The van der Waals surface area contributed by atoms with Crippen molar-refractivity contribution < 1.29 is 14.3 Å². The van der Waals surface area contributed by atoms with E-state index in [2.05, 4.69) is 5.32 Å². The Balaban J connectivity index is 0.00000280. The first-order valence-electron chi connectivity index (χ1n) is 10.1. The lowest BCUT2D eigenvalue weighted by molar-refractivity contribution is -0.133. The van der Waals surface area contributed by atoms with Crippen molar-refractivity contribution >= 4 is 24.2 Å². The lowest BCUT2D eigenvalue weighted by atomic mass is 10.1. The molecule has 1 aromatic carbocycles. The van der Waals surface area contributed by atoms with Gasteiger partial charge < -0.3 is 19.9 Å². The zero-order valence-corrected chi connectivity index (χ0v) is 17.5. The Bertz CT molecular complexity index is 632. The Labute approximate surface area is 174 Å². The number of carbonyl (C=O) groups excluding carboxylic acids is 2. The number of rotatable bonds is 6. The molecule has 7 heteroatoms. The third-order valence-electron chi connectivity index (χ3n) is 5.57. The van der Waals surface area contributed by atoms with Crippen LogP contribution in [0, 0.1) is 0 Å². The second kappa shape index (κ2) is 11.3. The highest BCUT2D eigenvalue weighted by Gasteiger charge is 2.25. The minimum atomic E-state index is 0. The van der Waals surface area contributed by atoms with Crippen LogP contribution in [0.25, 0.3) is 0 Å². The van der Waals surface area contributed by atoms with Crippen molar-refractivity contribution in [1.82, 2.24) is 15.1 Å². The Morgan fingerprint density at radius 1 is 1.04 bits per heavy atom. The van der Waals surface area contributed by atoms with Gasteiger partial charge in [-0.2, -0.15) is 0 Å². The largest absolute Gasteiger partial charge is 0.497 e. The summed E-state index contributed by atoms with van der Waals surface area (Å²) in [6.45, 7) is 3.82. The van der Waals surface area contributed by atoms with Gasteiger partial charge in [-0.15, -0.1) is 12.4 Å². The van der Waals surface area contributed by atoms with Gasteiger partial charge in [0.2, 0.25) is 11.8 Å². The zero-order valence-electron chi connectivity index (χ0n) is 16.7. The van der Waals surface area contributed by atoms with Crippen molar-refractivity contribution in [3.8, 4) is 5.75 Å². The Morgan fingerprint density at radius 3 is 2.32 bits per heavy atom. The van der Waals surface area contributed by atoms with Gasteiger partial charge in [0.1, 0.15) is 5.75 Å². The molecule has 2 heterocycles. The SMILES string of the molecule is COc1ccc(CCC(=O)N2CCCN(C(=O)CC3CCCN3)CC2)cc1.Cl. The van der Waals surface area contributed by atoms with Crippen LogP contribution < -0.4 is 10.1 Å². The first kappa shape index (κ1) is 22.5. The van der Waals surface area contributed by atoms with Gasteiger partial charge in [-0.25, -0.2) is 0 Å². The molecule has 2 aliphatic rings. The van der Waals surface area contributed by atoms with Gasteiger partial charge >= 0.3 is 0 Å². The molecule has 0 spiro atoms. The van der Waals surface area contributed by atoms with Crippen LogP contribution in [0.5, 0.6) is 5.75 Å². The molecule has 2 aliphatic heterocycles. The van der Waals surface area contributed by atoms with Gasteiger partial charge in [0.15, 0.2) is 0 Å². The summed E-state index contributed by atoms with van der Waals surface area (Å²) in [6.07, 6.45) is 4.94. The van der Waals surface area contributed by atoms with Gasteiger partial charge in [-0.1, -0.05) is 12.1 Å². The second-order valence-electron chi connectivity index (χ2n) is 7.46. The zero-order chi connectivity index (χ0) is 19.1. The third kappa shape index (κ3) is 6.38. The molecule has 2 fully saturated rings. The van der Waals surface area contributed by atoms with Crippen LogP contribution in [0.4, 0.5) is 0 Å². The van der Waals surface area contributed by atoms with E-state index in [0.717, 1.165) is 56.6 Å². The van der Waals surface area contributed by atoms with Crippen LogP contribution >= 0.6 is 12.4 Å². The third-order valence-corrected chi connectivity index (χ3v) is 5.57. The molecule has 1 aromatic rings. The first-order chi connectivity index (χ1) is 13.2. The van der Waals surface area contributed by atoms with Gasteiger partial charge in [0.05, 0.1) is 7.11 Å². The number of halogens is 1. The standard InChI is InChI=1S/C21H31N3O3.ClH/c1-27-19-8-5-17(6-9-19)7-10-20(25)23-12-3-13-24(15-14-23)21(26)16-18-4-2-11-22-18;/h5-6,8-9,18,22H,2-4,7,10-16H2,1H3;1H. The number of ether oxygens (including phenoxy) is 1. The van der Waals surface area contributed by atoms with Crippen LogP contribution in [0.3, 0.4) is 0 Å². The van der Waals surface area contributed by atoms with Crippen LogP contribution in [-0.4, -0.2) is 67.5 Å². The number of hydrogen-bond donors (Lipinski definition) is 1. The predicted molar refractivity (Wildman–Crippen MR) is 112 cm³/mol. The van der Waals surface area contributed by atoms with E-state index in [-0.39, 0.29) is 24.2 Å². The lowest BCUT2D eigenvalue weighted by Crippen LogP contribution is -2.39. The van der Waals surface area contributed by atoms with E-state index in [0.29, 0.717) is 32.0 Å². The average molecular weight is 410 g/mol. The molecular weight excluding hydrogens is 378 g/mol. The molecule has 0 saturated carbocycles. The summed E-state index contributed by atoms with van der Waals surface area (Å²) in [4.78, 5) is 29.0. The summed E-state index contributed by atoms with van der Waals surface area (Å²) < 4.78 is 5.16. The summed E-state index contributed by atoms with van der Waals surface area (Å²) in [5, 5.41) is 3.39. The quantitative estimate of drug-likeness (QED) is 0.782. The molecule has 2 amide bonds. The van der Waals surface area contributed by atoms with E-state index in [1.165, 1.54) is 0 Å². The Hall–Kier alpha value is -1.79. The van der Waals surface area contributed by atoms with Crippen molar-refractivity contribution in [1.29, 1.82) is 0 Å². The van der Waals surface area contributed by atoms with E-state index in [1.54, 1.807) is 7.11 Å². The van der Waals surface area contributed by atoms with Gasteiger partial charge in [0, 0.05) is 45.1 Å². The number of hydrogen-bond acceptors (Lipinski definition) is 4. The number of methoxy groups -OCH3 is 1. The maximum Gasteiger partial charge on any atom is 0.224 e. The molecule has 3 rings (SSSR count). The van der Waals surface area contributed by atoms with E-state index in [9.17, 15) is 9.59 Å². The highest BCUT2D eigenvalue weighted by Crippen LogP contribution is 2.15. The fourth-order valence-corrected chi connectivity index (χ4v) is 3.89. The molecule has 0 radical (unpaired) electrons. The molecule has 0 aliphatic carbocycles. The number of nitrogens with zero attached hydrogens (tertiary/aromatic N) is 2. The van der Waals surface area contributed by atoms with E-state index in [4.69, 9.17) is 4.74 Å². The highest BCUT2D eigenvalue weighted by atomic mass is 35.5. The summed E-state index contributed by atoms with van der Waals surface area (Å²) in [7, 11) is 1.65. The normalized spacial score (nSPS) is 19.7. The minimum absolute atomic E-state index is 0. The number of amides is 2. The average Bonchev–Trinajstić information content (AvgIpc) is 3.07. The van der Waals surface area contributed by atoms with E-state index < -0.39 is 0 Å². The first-order valence-corrected chi connectivity index (χ1v) is 10.1. The molecule has 1 atom stereocenters. The summed E-state index contributed by atoms with van der Waals surface area (Å²) in [5.74, 6) is 1.23. The second-order valence-corrected chi connectivity index (χ2v) is 7.46. The minimum Gasteiger partial charge on any atom is -0.497 e. The monoisotopic (exact) mass is 409 g/mol. The number of nitrogens with one attached hydrogen (secondary N) is 1. The molecule has 156 valence electrons. The van der Waals surface area contributed by atoms with Crippen molar-refractivity contribution in [2.24, 2.45) is 0 Å². The van der Waals surface area contributed by atoms with Gasteiger partial charge in [0.25, 0.3) is 0 Å². The molecule has 28 heavy (non-hydrogen) atoms. The Morgan fingerprint density at radius 2 is 1.71 bits per heavy atom. The molecule has 1 N–H and O–H groups in total. The number of carbonyl (C=O) groups is 2. The van der Waals surface area contributed by atoms with Crippen LogP contribution in [0.1, 0.15) is 37.7 Å². The topological polar surface area (TPSA) is 61.9 Å². The molecule has 0 aromatic heterocycles. The van der Waals surface area contributed by atoms with E-state index in [1.807, 2.05) is 34.1 Å². The van der Waals surface area contributed by atoms with E-state index >= 15 is 0 Å². The summed E-state index contributed by atoms with van der Waals surface area (Å²) in [5.41, 5.74) is 1.14. The summed E-state index contributed by atoms with van der Waals surface area (Å²) in [6, 6.07) is 8.20. The van der Waals surface area contributed by atoms with Crippen molar-refractivity contribution in [2.45, 2.75) is 44.6 Å². The van der Waals surface area contributed by atoms with Gasteiger partial charge in [-0.3, -0.25) is 9.59 Å². The van der Waals surface area contributed by atoms with Crippen molar-refractivity contribution in [3.63, 3.8) is 0 Å². The van der Waals surface area contributed by atoms with Crippen LogP contribution in [-0.2, 0) is 16.0 Å². The van der Waals surface area contributed by atoms with Crippen molar-refractivity contribution in [2.75, 3.05) is 39.8 Å². The molecule has 1 unspecified atom stereocenters. The van der Waals surface area contributed by atoms with Crippen LogP contribution in [0.2, 0.25) is 0 Å². The van der Waals surface area contributed by atoms with Crippen LogP contribution in [0.15, 0.2) is 24.3 Å². The molecular formula is C21H32ClN3O3. The maximum absolute atomic E-state index is 12.6. The smallest absolute Gasteiger partial charge is 0.224 e. The van der Waals surface area contributed by atoms with Gasteiger partial charge in [-0.05, 0) is 49.9 Å². The maximum atomic E-state index is 12.6.